The fourth-order valence-corrected chi connectivity index (χ4v) is 7.70. The zero-order chi connectivity index (χ0) is 30.3. The summed E-state index contributed by atoms with van der Waals surface area (Å²) in [7, 11) is 0.0685. The van der Waals surface area contributed by atoms with Crippen LogP contribution < -0.4 is 15.4 Å². The van der Waals surface area contributed by atoms with E-state index in [9.17, 15) is 8.42 Å². The molecule has 2 aromatic carbocycles. The van der Waals surface area contributed by atoms with Crippen LogP contribution in [0.3, 0.4) is 0 Å². The molecule has 2 aliphatic heterocycles. The Kier molecular flexibility index (Phi) is 7.40. The van der Waals surface area contributed by atoms with Crippen LogP contribution >= 0.6 is 0 Å². The molecule has 12 heteroatoms. The first-order valence-corrected chi connectivity index (χ1v) is 16.2. The first kappa shape index (κ1) is 28.3. The van der Waals surface area contributed by atoms with Crippen molar-refractivity contribution in [2.75, 3.05) is 44.4 Å². The number of H-pyrrole nitrogens is 1. The number of nitrogens with zero attached hydrogens (tertiary/aromatic N) is 5. The number of para-hydroxylation sites is 1. The SMILES string of the molecule is COc1cc2c(cc1Nc1nc(Nc3ccccc3S(=O)(=O)N3CCCC3)c3c(-c4cccnc4)c[nH]c3n1)CN(C)CC2. The molecule has 0 saturated carbocycles. The van der Waals surface area contributed by atoms with Gasteiger partial charge in [0, 0.05) is 55.9 Å². The zero-order valence-corrected chi connectivity index (χ0v) is 25.5. The third-order valence-electron chi connectivity index (χ3n) is 8.30. The number of aromatic amines is 1. The fraction of sp³-hybridized carbons (Fsp3) is 0.281. The second kappa shape index (κ2) is 11.5. The average molecular weight is 611 g/mol. The summed E-state index contributed by atoms with van der Waals surface area (Å²) in [6.45, 7) is 2.88. The number of sulfonamides is 1. The predicted octanol–water partition coefficient (Wildman–Crippen LogP) is 5.29. The van der Waals surface area contributed by atoms with Crippen molar-refractivity contribution < 1.29 is 13.2 Å². The van der Waals surface area contributed by atoms with Gasteiger partial charge in [0.1, 0.15) is 22.1 Å². The summed E-state index contributed by atoms with van der Waals surface area (Å²) in [5.74, 6) is 1.50. The maximum Gasteiger partial charge on any atom is 0.245 e. The highest BCUT2D eigenvalue weighted by Crippen LogP contribution is 2.38. The molecule has 44 heavy (non-hydrogen) atoms. The highest BCUT2D eigenvalue weighted by atomic mass is 32.2. The molecule has 0 radical (unpaired) electrons. The molecule has 0 atom stereocenters. The average Bonchev–Trinajstić information content (AvgIpc) is 3.73. The number of aromatic nitrogens is 4. The summed E-state index contributed by atoms with van der Waals surface area (Å²) in [6.07, 6.45) is 8.04. The lowest BCUT2D eigenvalue weighted by Crippen LogP contribution is -2.28. The first-order valence-electron chi connectivity index (χ1n) is 14.7. The number of anilines is 4. The molecule has 5 aromatic rings. The minimum absolute atomic E-state index is 0.210. The Balaban J connectivity index is 1.34. The van der Waals surface area contributed by atoms with Crippen LogP contribution in [0, 0.1) is 0 Å². The van der Waals surface area contributed by atoms with Gasteiger partial charge in [0.15, 0.2) is 0 Å². The van der Waals surface area contributed by atoms with Gasteiger partial charge in [-0.1, -0.05) is 18.2 Å². The normalized spacial score (nSPS) is 15.8. The second-order valence-electron chi connectivity index (χ2n) is 11.2. The van der Waals surface area contributed by atoms with E-state index in [4.69, 9.17) is 14.7 Å². The van der Waals surface area contributed by atoms with Crippen LogP contribution in [0.2, 0.25) is 0 Å². The Morgan fingerprint density at radius 1 is 0.955 bits per heavy atom. The number of rotatable bonds is 8. The first-order chi connectivity index (χ1) is 21.4. The quantitative estimate of drug-likeness (QED) is 0.215. The number of hydrogen-bond acceptors (Lipinski definition) is 9. The van der Waals surface area contributed by atoms with E-state index in [2.05, 4.69) is 44.7 Å². The Morgan fingerprint density at radius 2 is 1.80 bits per heavy atom. The molecule has 5 heterocycles. The van der Waals surface area contributed by atoms with Gasteiger partial charge in [-0.15, -0.1) is 0 Å². The minimum atomic E-state index is -3.70. The van der Waals surface area contributed by atoms with Gasteiger partial charge in [-0.2, -0.15) is 14.3 Å². The number of methoxy groups -OCH3 is 1. The number of benzene rings is 2. The molecule has 11 nitrogen and oxygen atoms in total. The smallest absolute Gasteiger partial charge is 0.245 e. The molecule has 0 unspecified atom stereocenters. The van der Waals surface area contributed by atoms with Crippen LogP contribution in [0.15, 0.2) is 72.0 Å². The number of pyridine rings is 1. The van der Waals surface area contributed by atoms with E-state index >= 15 is 0 Å². The molecular weight excluding hydrogens is 576 g/mol. The van der Waals surface area contributed by atoms with Gasteiger partial charge < -0.3 is 25.3 Å². The number of fused-ring (bicyclic) bond motifs is 2. The molecule has 0 aliphatic carbocycles. The highest BCUT2D eigenvalue weighted by molar-refractivity contribution is 7.89. The van der Waals surface area contributed by atoms with Crippen molar-refractivity contribution in [3.8, 4) is 16.9 Å². The van der Waals surface area contributed by atoms with Crippen LogP contribution in [0.1, 0.15) is 24.0 Å². The molecule has 226 valence electrons. The van der Waals surface area contributed by atoms with Crippen molar-refractivity contribution in [3.05, 3.63) is 78.2 Å². The monoisotopic (exact) mass is 610 g/mol. The zero-order valence-electron chi connectivity index (χ0n) is 24.7. The summed E-state index contributed by atoms with van der Waals surface area (Å²) in [5.41, 5.74) is 5.99. The Labute approximate surface area is 256 Å². The third kappa shape index (κ3) is 5.25. The number of nitrogens with one attached hydrogen (secondary N) is 3. The Morgan fingerprint density at radius 3 is 2.59 bits per heavy atom. The summed E-state index contributed by atoms with van der Waals surface area (Å²) in [6, 6.07) is 15.0. The molecule has 3 N–H and O–H groups in total. The maximum absolute atomic E-state index is 13.7. The minimum Gasteiger partial charge on any atom is -0.495 e. The second-order valence-corrected chi connectivity index (χ2v) is 13.1. The van der Waals surface area contributed by atoms with Crippen LogP contribution in [0.5, 0.6) is 5.75 Å². The van der Waals surface area contributed by atoms with Crippen molar-refractivity contribution in [1.82, 2.24) is 29.1 Å². The van der Waals surface area contributed by atoms with Gasteiger partial charge in [0.05, 0.1) is 23.9 Å². The maximum atomic E-state index is 13.7. The van der Waals surface area contributed by atoms with Gasteiger partial charge in [0.25, 0.3) is 0 Å². The lowest BCUT2D eigenvalue weighted by molar-refractivity contribution is 0.312. The van der Waals surface area contributed by atoms with E-state index in [0.717, 1.165) is 54.6 Å². The van der Waals surface area contributed by atoms with Crippen molar-refractivity contribution in [2.45, 2.75) is 30.7 Å². The van der Waals surface area contributed by atoms with Gasteiger partial charge >= 0.3 is 0 Å². The Hall–Kier alpha value is -4.52. The molecule has 7 rings (SSSR count). The lowest BCUT2D eigenvalue weighted by Gasteiger charge is -2.26. The number of ether oxygens (including phenoxy) is 1. The van der Waals surface area contributed by atoms with Gasteiger partial charge in [0.2, 0.25) is 16.0 Å². The van der Waals surface area contributed by atoms with E-state index < -0.39 is 10.0 Å². The van der Waals surface area contributed by atoms with E-state index in [1.807, 2.05) is 24.4 Å². The number of likely N-dealkylation sites (N-methyl/N-ethyl adjacent to an activating group) is 1. The molecule has 2 aliphatic rings. The van der Waals surface area contributed by atoms with Gasteiger partial charge in [-0.25, -0.2) is 8.42 Å². The van der Waals surface area contributed by atoms with Crippen LogP contribution in [0.25, 0.3) is 22.2 Å². The van der Waals surface area contributed by atoms with Gasteiger partial charge in [-0.05, 0) is 67.8 Å². The molecule has 3 aromatic heterocycles. The van der Waals surface area contributed by atoms with Crippen LogP contribution in [-0.4, -0.2) is 71.4 Å². The Bertz CT molecular complexity index is 1940. The van der Waals surface area contributed by atoms with Crippen LogP contribution in [0.4, 0.5) is 23.1 Å². The molecule has 0 spiro atoms. The molecular formula is C32H34N8O3S. The van der Waals surface area contributed by atoms with E-state index in [1.54, 1.807) is 42.0 Å². The lowest BCUT2D eigenvalue weighted by atomic mass is 9.99. The molecule has 1 fully saturated rings. The van der Waals surface area contributed by atoms with E-state index in [1.165, 1.54) is 11.1 Å². The third-order valence-corrected chi connectivity index (χ3v) is 10.3. The standard InChI is InChI=1S/C32H34N8O3S/c1-39-15-11-21-17-27(43-2)26(16-23(21)20-39)36-32-37-30-29(24(19-34-30)22-8-7-12-33-18-22)31(38-32)35-25-9-3-4-10-28(25)44(41,42)40-13-5-6-14-40/h3-4,7-10,12,16-19H,5-6,11,13-15,20H2,1-2H3,(H3,34,35,36,37,38). The van der Waals surface area contributed by atoms with Crippen LogP contribution in [-0.2, 0) is 23.0 Å². The molecule has 0 amide bonds. The number of hydrogen-bond donors (Lipinski definition) is 3. The summed E-state index contributed by atoms with van der Waals surface area (Å²) in [5, 5.41) is 7.48. The summed E-state index contributed by atoms with van der Waals surface area (Å²) in [4.78, 5) is 19.8. The van der Waals surface area contributed by atoms with Crippen molar-refractivity contribution in [3.63, 3.8) is 0 Å². The van der Waals surface area contributed by atoms with Crippen molar-refractivity contribution in [2.24, 2.45) is 0 Å². The fourth-order valence-electron chi connectivity index (χ4n) is 6.03. The molecule has 1 saturated heterocycles. The molecule has 0 bridgehead atoms. The summed E-state index contributed by atoms with van der Waals surface area (Å²) < 4.78 is 34.7. The predicted molar refractivity (Wildman–Crippen MR) is 171 cm³/mol. The topological polar surface area (TPSA) is 128 Å². The highest BCUT2D eigenvalue weighted by Gasteiger charge is 2.30. The van der Waals surface area contributed by atoms with E-state index in [-0.39, 0.29) is 4.90 Å². The van der Waals surface area contributed by atoms with E-state index in [0.29, 0.717) is 41.9 Å². The largest absolute Gasteiger partial charge is 0.495 e. The van der Waals surface area contributed by atoms with Crippen molar-refractivity contribution >= 4 is 44.2 Å². The summed E-state index contributed by atoms with van der Waals surface area (Å²) >= 11 is 0. The van der Waals surface area contributed by atoms with Gasteiger partial charge in [-0.3, -0.25) is 4.98 Å². The van der Waals surface area contributed by atoms with Crippen molar-refractivity contribution in [1.29, 1.82) is 0 Å².